The van der Waals surface area contributed by atoms with E-state index in [1.807, 2.05) is 24.3 Å². The Bertz CT molecular complexity index is 702. The highest BCUT2D eigenvalue weighted by Crippen LogP contribution is 2.33. The number of nitriles is 2. The van der Waals surface area contributed by atoms with Crippen molar-refractivity contribution >= 4 is 17.5 Å². The topological polar surface area (TPSA) is 97.4 Å². The van der Waals surface area contributed by atoms with Crippen LogP contribution in [0.1, 0.15) is 19.3 Å². The van der Waals surface area contributed by atoms with Gasteiger partial charge in [0.2, 0.25) is 11.8 Å². The van der Waals surface area contributed by atoms with Crippen molar-refractivity contribution in [2.75, 3.05) is 31.6 Å². The number of amides is 2. The zero-order valence-corrected chi connectivity index (χ0v) is 14.1. The summed E-state index contributed by atoms with van der Waals surface area (Å²) in [5, 5.41) is 17.5. The third-order valence-corrected chi connectivity index (χ3v) is 4.15. The van der Waals surface area contributed by atoms with Crippen LogP contribution < -0.4 is 9.64 Å². The molecule has 1 aromatic rings. The van der Waals surface area contributed by atoms with E-state index in [1.54, 1.807) is 17.0 Å². The monoisotopic (exact) mass is 340 g/mol. The Balaban J connectivity index is 2.13. The van der Waals surface area contributed by atoms with Crippen molar-refractivity contribution in [1.29, 1.82) is 10.5 Å². The number of carbonyl (C=O) groups excluding carboxylic acids is 2. The van der Waals surface area contributed by atoms with Gasteiger partial charge in [-0.2, -0.15) is 10.5 Å². The highest BCUT2D eigenvalue weighted by Gasteiger charge is 2.37. The summed E-state index contributed by atoms with van der Waals surface area (Å²) in [4.78, 5) is 28.2. The SMILES string of the molecule is COc1ccccc1N1CC(C(=O)N(CCC#N)CCC#N)CC1=O. The molecule has 0 N–H and O–H groups in total. The molecule has 25 heavy (non-hydrogen) atoms. The van der Waals surface area contributed by atoms with E-state index in [1.165, 1.54) is 12.0 Å². The maximum Gasteiger partial charge on any atom is 0.228 e. The molecule has 1 aliphatic rings. The van der Waals surface area contributed by atoms with Gasteiger partial charge < -0.3 is 14.5 Å². The van der Waals surface area contributed by atoms with Crippen LogP contribution in [0.5, 0.6) is 5.75 Å². The molecular formula is C18H20N4O3. The molecule has 1 aromatic carbocycles. The lowest BCUT2D eigenvalue weighted by Crippen LogP contribution is -2.38. The van der Waals surface area contributed by atoms with Crippen LogP contribution in [0, 0.1) is 28.6 Å². The van der Waals surface area contributed by atoms with Crippen LogP contribution in [-0.2, 0) is 9.59 Å². The number of ether oxygens (including phenoxy) is 1. The van der Waals surface area contributed by atoms with Gasteiger partial charge in [-0.1, -0.05) is 12.1 Å². The summed E-state index contributed by atoms with van der Waals surface area (Å²) in [5.74, 6) is -0.218. The molecule has 0 aliphatic carbocycles. The fraction of sp³-hybridized carbons (Fsp3) is 0.444. The van der Waals surface area contributed by atoms with Crippen LogP contribution in [0.3, 0.4) is 0 Å². The maximum absolute atomic E-state index is 12.7. The first-order valence-electron chi connectivity index (χ1n) is 8.08. The molecule has 0 aromatic heterocycles. The number of carbonyl (C=O) groups is 2. The molecule has 0 bridgehead atoms. The fourth-order valence-corrected chi connectivity index (χ4v) is 2.92. The van der Waals surface area contributed by atoms with Crippen molar-refractivity contribution in [3.8, 4) is 17.9 Å². The summed E-state index contributed by atoms with van der Waals surface area (Å²) >= 11 is 0. The Morgan fingerprint density at radius 3 is 2.52 bits per heavy atom. The van der Waals surface area contributed by atoms with Crippen molar-refractivity contribution in [2.45, 2.75) is 19.3 Å². The van der Waals surface area contributed by atoms with E-state index in [-0.39, 0.29) is 50.7 Å². The molecule has 1 unspecified atom stereocenters. The second-order valence-electron chi connectivity index (χ2n) is 5.72. The van der Waals surface area contributed by atoms with Gasteiger partial charge in [0, 0.05) is 26.1 Å². The van der Waals surface area contributed by atoms with E-state index in [4.69, 9.17) is 15.3 Å². The first-order chi connectivity index (χ1) is 12.1. The molecule has 0 spiro atoms. The van der Waals surface area contributed by atoms with Crippen molar-refractivity contribution < 1.29 is 14.3 Å². The maximum atomic E-state index is 12.7. The first kappa shape index (κ1) is 18.3. The number of rotatable bonds is 7. The van der Waals surface area contributed by atoms with Crippen LogP contribution >= 0.6 is 0 Å². The van der Waals surface area contributed by atoms with E-state index >= 15 is 0 Å². The molecule has 1 aliphatic heterocycles. The van der Waals surface area contributed by atoms with E-state index in [9.17, 15) is 9.59 Å². The van der Waals surface area contributed by atoms with Crippen molar-refractivity contribution in [1.82, 2.24) is 4.90 Å². The largest absolute Gasteiger partial charge is 0.495 e. The summed E-state index contributed by atoms with van der Waals surface area (Å²) in [5.41, 5.74) is 0.644. The Hall–Kier alpha value is -3.06. The molecule has 1 fully saturated rings. The first-order valence-corrected chi connectivity index (χ1v) is 8.08. The van der Waals surface area contributed by atoms with Gasteiger partial charge in [0.15, 0.2) is 0 Å². The quantitative estimate of drug-likeness (QED) is 0.752. The lowest BCUT2D eigenvalue weighted by atomic mass is 10.1. The predicted molar refractivity (Wildman–Crippen MR) is 90.5 cm³/mol. The number of nitrogens with zero attached hydrogens (tertiary/aromatic N) is 4. The number of hydrogen-bond acceptors (Lipinski definition) is 5. The number of methoxy groups -OCH3 is 1. The van der Waals surface area contributed by atoms with Crippen LogP contribution in [0.15, 0.2) is 24.3 Å². The fourth-order valence-electron chi connectivity index (χ4n) is 2.92. The van der Waals surface area contributed by atoms with Gasteiger partial charge in [-0.3, -0.25) is 9.59 Å². The smallest absolute Gasteiger partial charge is 0.228 e. The van der Waals surface area contributed by atoms with Gasteiger partial charge in [-0.05, 0) is 12.1 Å². The predicted octanol–water partition coefficient (Wildman–Crippen LogP) is 1.70. The van der Waals surface area contributed by atoms with Gasteiger partial charge in [0.1, 0.15) is 5.75 Å². The van der Waals surface area contributed by atoms with Gasteiger partial charge in [0.05, 0.1) is 43.7 Å². The third-order valence-electron chi connectivity index (χ3n) is 4.15. The zero-order valence-electron chi connectivity index (χ0n) is 14.1. The van der Waals surface area contributed by atoms with E-state index in [2.05, 4.69) is 0 Å². The average Bonchev–Trinajstić information content (AvgIpc) is 3.03. The molecule has 1 atom stereocenters. The molecule has 0 radical (unpaired) electrons. The molecule has 1 saturated heterocycles. The van der Waals surface area contributed by atoms with Gasteiger partial charge in [0.25, 0.3) is 0 Å². The highest BCUT2D eigenvalue weighted by molar-refractivity contribution is 6.01. The lowest BCUT2D eigenvalue weighted by molar-refractivity contribution is -0.135. The molecule has 7 nitrogen and oxygen atoms in total. The average molecular weight is 340 g/mol. The van der Waals surface area contributed by atoms with Gasteiger partial charge >= 0.3 is 0 Å². The minimum absolute atomic E-state index is 0.118. The lowest BCUT2D eigenvalue weighted by Gasteiger charge is -2.24. The van der Waals surface area contributed by atoms with Crippen LogP contribution in [0.2, 0.25) is 0 Å². The molecule has 7 heteroatoms. The molecule has 1 heterocycles. The number of hydrogen-bond donors (Lipinski definition) is 0. The highest BCUT2D eigenvalue weighted by atomic mass is 16.5. The van der Waals surface area contributed by atoms with Crippen LogP contribution in [-0.4, -0.2) is 43.5 Å². The Kier molecular flexibility index (Phi) is 6.36. The van der Waals surface area contributed by atoms with Crippen LogP contribution in [0.25, 0.3) is 0 Å². The van der Waals surface area contributed by atoms with E-state index in [0.29, 0.717) is 11.4 Å². The second-order valence-corrected chi connectivity index (χ2v) is 5.72. The standard InChI is InChI=1S/C18H20N4O3/c1-25-16-7-3-2-6-15(16)22-13-14(12-17(22)23)18(24)21(10-4-8-19)11-5-9-20/h2-3,6-7,14H,4-5,10-13H2,1H3. The number of benzene rings is 1. The second kappa shape index (κ2) is 8.70. The summed E-state index contributed by atoms with van der Waals surface area (Å²) in [6.07, 6.45) is 0.522. The minimum Gasteiger partial charge on any atom is -0.495 e. The summed E-state index contributed by atoms with van der Waals surface area (Å²) in [6.45, 7) is 0.820. The normalized spacial score (nSPS) is 16.2. The zero-order chi connectivity index (χ0) is 18.2. The number of anilines is 1. The van der Waals surface area contributed by atoms with Crippen molar-refractivity contribution in [3.63, 3.8) is 0 Å². The van der Waals surface area contributed by atoms with Crippen LogP contribution in [0.4, 0.5) is 5.69 Å². The Morgan fingerprint density at radius 2 is 1.92 bits per heavy atom. The molecular weight excluding hydrogens is 320 g/mol. The summed E-state index contributed by atoms with van der Waals surface area (Å²) in [7, 11) is 1.54. The minimum atomic E-state index is -0.477. The van der Waals surface area contributed by atoms with Gasteiger partial charge in [-0.25, -0.2) is 0 Å². The molecule has 2 rings (SSSR count). The molecule has 0 saturated carbocycles. The molecule has 2 amide bonds. The third kappa shape index (κ3) is 4.27. The summed E-state index contributed by atoms with van der Waals surface area (Å²) in [6, 6.07) is 11.2. The summed E-state index contributed by atoms with van der Waals surface area (Å²) < 4.78 is 5.29. The van der Waals surface area contributed by atoms with Gasteiger partial charge in [-0.15, -0.1) is 0 Å². The van der Waals surface area contributed by atoms with E-state index in [0.717, 1.165) is 0 Å². The molecule has 130 valence electrons. The number of para-hydroxylation sites is 2. The Labute approximate surface area is 147 Å². The Morgan fingerprint density at radius 1 is 1.28 bits per heavy atom. The van der Waals surface area contributed by atoms with Crippen molar-refractivity contribution in [2.24, 2.45) is 5.92 Å². The van der Waals surface area contributed by atoms with Crippen molar-refractivity contribution in [3.05, 3.63) is 24.3 Å². The van der Waals surface area contributed by atoms with E-state index < -0.39 is 5.92 Å².